The van der Waals surface area contributed by atoms with E-state index in [2.05, 4.69) is 4.72 Å². The van der Waals surface area contributed by atoms with Crippen LogP contribution in [0.2, 0.25) is 0 Å². The van der Waals surface area contributed by atoms with Crippen molar-refractivity contribution in [1.29, 1.82) is 0 Å². The first kappa shape index (κ1) is 20.4. The Morgan fingerprint density at radius 3 is 2.46 bits per heavy atom. The average molecular weight is 404 g/mol. The van der Waals surface area contributed by atoms with Gasteiger partial charge in [-0.25, -0.2) is 13.1 Å². The Morgan fingerprint density at radius 2 is 1.82 bits per heavy atom. The molecule has 6 nitrogen and oxygen atoms in total. The minimum atomic E-state index is -3.79. The molecule has 0 bridgehead atoms. The third kappa shape index (κ3) is 4.73. The highest BCUT2D eigenvalue weighted by Gasteiger charge is 2.30. The van der Waals surface area contributed by atoms with Crippen molar-refractivity contribution in [2.45, 2.75) is 31.3 Å². The molecule has 0 aliphatic heterocycles. The molecule has 2 N–H and O–H groups in total. The highest BCUT2D eigenvalue weighted by atomic mass is 32.2. The molecule has 28 heavy (non-hydrogen) atoms. The molecule has 1 aromatic heterocycles. The Labute approximate surface area is 165 Å². The minimum absolute atomic E-state index is 0.102. The van der Waals surface area contributed by atoms with Gasteiger partial charge in [-0.1, -0.05) is 32.0 Å². The second-order valence-corrected chi connectivity index (χ2v) is 9.19. The van der Waals surface area contributed by atoms with Crippen LogP contribution in [-0.4, -0.2) is 26.7 Å². The third-order valence-corrected chi connectivity index (χ3v) is 5.70. The van der Waals surface area contributed by atoms with Crippen molar-refractivity contribution in [2.24, 2.45) is 5.92 Å². The molecule has 0 radical (unpaired) electrons. The number of benzene rings is 2. The first-order valence-electron chi connectivity index (χ1n) is 9.11. The summed E-state index contributed by atoms with van der Waals surface area (Å²) >= 11 is 0. The largest absolute Gasteiger partial charge is 0.493 e. The Hall–Kier alpha value is -2.35. The molecule has 3 rings (SSSR count). The van der Waals surface area contributed by atoms with Gasteiger partial charge in [-0.15, -0.1) is 0 Å². The quantitative estimate of drug-likeness (QED) is 0.599. The van der Waals surface area contributed by atoms with Gasteiger partial charge in [0.1, 0.15) is 22.7 Å². The standard InChI is InChI=1S/C21H25NO5S/c1-15(2)13-26-17-8-10-18(11-9-17)28(24,25)22-14-21(3,23)20-12-16-6-4-5-7-19(16)27-20/h4-12,15,22-23H,13-14H2,1-3H3. The lowest BCUT2D eigenvalue weighted by atomic mass is 10.0. The maximum atomic E-state index is 12.6. The van der Waals surface area contributed by atoms with Crippen LogP contribution >= 0.6 is 0 Å². The van der Waals surface area contributed by atoms with Crippen molar-refractivity contribution in [2.75, 3.05) is 13.2 Å². The molecule has 1 atom stereocenters. The number of rotatable bonds is 8. The molecule has 0 fully saturated rings. The fourth-order valence-corrected chi connectivity index (χ4v) is 3.76. The zero-order chi connectivity index (χ0) is 20.4. The minimum Gasteiger partial charge on any atom is -0.493 e. The van der Waals surface area contributed by atoms with E-state index in [0.29, 0.717) is 29.6 Å². The number of hydrogen-bond donors (Lipinski definition) is 2. The number of ether oxygens (including phenoxy) is 1. The number of aliphatic hydroxyl groups is 1. The molecule has 1 unspecified atom stereocenters. The Kier molecular flexibility index (Phi) is 5.79. The van der Waals surface area contributed by atoms with Crippen molar-refractivity contribution >= 4 is 21.0 Å². The van der Waals surface area contributed by atoms with Crippen molar-refractivity contribution < 1.29 is 22.7 Å². The maximum absolute atomic E-state index is 12.6. The number of para-hydroxylation sites is 1. The van der Waals surface area contributed by atoms with Crippen molar-refractivity contribution in [3.63, 3.8) is 0 Å². The van der Waals surface area contributed by atoms with Crippen LogP contribution in [0.25, 0.3) is 11.0 Å². The average Bonchev–Trinajstić information content (AvgIpc) is 3.10. The molecule has 0 aliphatic rings. The number of fused-ring (bicyclic) bond motifs is 1. The first-order chi connectivity index (χ1) is 13.2. The Bertz CT molecular complexity index is 1000. The summed E-state index contributed by atoms with van der Waals surface area (Å²) in [6.07, 6.45) is 0. The van der Waals surface area contributed by atoms with E-state index in [1.165, 1.54) is 19.1 Å². The van der Waals surface area contributed by atoms with E-state index < -0.39 is 15.6 Å². The molecule has 7 heteroatoms. The van der Waals surface area contributed by atoms with Crippen molar-refractivity contribution in [1.82, 2.24) is 4.72 Å². The van der Waals surface area contributed by atoms with Crippen LogP contribution in [0.1, 0.15) is 26.5 Å². The maximum Gasteiger partial charge on any atom is 0.240 e. The molecule has 150 valence electrons. The summed E-state index contributed by atoms with van der Waals surface area (Å²) in [4.78, 5) is 0.102. The molecular formula is C21H25NO5S. The predicted molar refractivity (Wildman–Crippen MR) is 108 cm³/mol. The second kappa shape index (κ2) is 7.95. The lowest BCUT2D eigenvalue weighted by molar-refractivity contribution is 0.0412. The Balaban J connectivity index is 1.69. The summed E-state index contributed by atoms with van der Waals surface area (Å²) in [5.74, 6) is 1.29. The van der Waals surface area contributed by atoms with Gasteiger partial charge in [0.2, 0.25) is 10.0 Å². The molecule has 0 amide bonds. The van der Waals surface area contributed by atoms with Crippen molar-refractivity contribution in [3.8, 4) is 5.75 Å². The summed E-state index contributed by atoms with van der Waals surface area (Å²) in [5, 5.41) is 11.6. The monoisotopic (exact) mass is 403 g/mol. The second-order valence-electron chi connectivity index (χ2n) is 7.42. The van der Waals surface area contributed by atoms with E-state index in [-0.39, 0.29) is 11.4 Å². The fourth-order valence-electron chi connectivity index (χ4n) is 2.63. The summed E-state index contributed by atoms with van der Waals surface area (Å²) in [5.41, 5.74) is -0.857. The molecular weight excluding hydrogens is 378 g/mol. The van der Waals surface area contributed by atoms with E-state index in [0.717, 1.165) is 5.39 Å². The van der Waals surface area contributed by atoms with Gasteiger partial charge in [-0.2, -0.15) is 0 Å². The molecule has 2 aromatic carbocycles. The van der Waals surface area contributed by atoms with Gasteiger partial charge in [-0.05, 0) is 49.2 Å². The van der Waals surface area contributed by atoms with E-state index in [1.807, 2.05) is 32.0 Å². The summed E-state index contributed by atoms with van der Waals surface area (Å²) in [6, 6.07) is 15.3. The molecule has 1 heterocycles. The van der Waals surface area contributed by atoms with Crippen LogP contribution in [-0.2, 0) is 15.6 Å². The topological polar surface area (TPSA) is 88.8 Å². The smallest absolute Gasteiger partial charge is 0.240 e. The van der Waals surface area contributed by atoms with Crippen LogP contribution in [0, 0.1) is 5.92 Å². The van der Waals surface area contributed by atoms with Crippen LogP contribution in [0.3, 0.4) is 0 Å². The number of sulfonamides is 1. The Morgan fingerprint density at radius 1 is 1.14 bits per heavy atom. The third-order valence-electron chi connectivity index (χ3n) is 4.28. The predicted octanol–water partition coefficient (Wildman–Crippen LogP) is 3.65. The lowest BCUT2D eigenvalue weighted by Gasteiger charge is -2.21. The molecule has 0 aliphatic carbocycles. The van der Waals surface area contributed by atoms with Gasteiger partial charge in [0.25, 0.3) is 0 Å². The number of furan rings is 1. The molecule has 0 spiro atoms. The zero-order valence-corrected chi connectivity index (χ0v) is 17.0. The van der Waals surface area contributed by atoms with E-state index >= 15 is 0 Å². The van der Waals surface area contributed by atoms with Crippen LogP contribution in [0.5, 0.6) is 5.75 Å². The van der Waals surface area contributed by atoms with Gasteiger partial charge in [0, 0.05) is 11.9 Å². The van der Waals surface area contributed by atoms with Gasteiger partial charge in [-0.3, -0.25) is 0 Å². The van der Waals surface area contributed by atoms with Crippen molar-refractivity contribution in [3.05, 3.63) is 60.4 Å². The van der Waals surface area contributed by atoms with Crippen LogP contribution in [0.4, 0.5) is 0 Å². The zero-order valence-electron chi connectivity index (χ0n) is 16.2. The summed E-state index contributed by atoms with van der Waals surface area (Å²) in [7, 11) is -3.79. The van der Waals surface area contributed by atoms with E-state index in [4.69, 9.17) is 9.15 Å². The van der Waals surface area contributed by atoms with Gasteiger partial charge < -0.3 is 14.3 Å². The van der Waals surface area contributed by atoms with Gasteiger partial charge in [0.05, 0.1) is 11.5 Å². The molecule has 3 aromatic rings. The van der Waals surface area contributed by atoms with Crippen LogP contribution < -0.4 is 9.46 Å². The number of nitrogens with one attached hydrogen (secondary N) is 1. The highest BCUT2D eigenvalue weighted by Crippen LogP contribution is 2.28. The summed E-state index contributed by atoms with van der Waals surface area (Å²) < 4.78 is 38.8. The summed E-state index contributed by atoms with van der Waals surface area (Å²) in [6.45, 7) is 5.93. The van der Waals surface area contributed by atoms with Crippen LogP contribution in [0.15, 0.2) is 63.9 Å². The van der Waals surface area contributed by atoms with Gasteiger partial charge in [0.15, 0.2) is 0 Å². The fraction of sp³-hybridized carbons (Fsp3) is 0.333. The first-order valence-corrected chi connectivity index (χ1v) is 10.6. The van der Waals surface area contributed by atoms with E-state index in [1.54, 1.807) is 24.3 Å². The van der Waals surface area contributed by atoms with E-state index in [9.17, 15) is 13.5 Å². The normalized spacial score (nSPS) is 14.3. The molecule has 0 saturated carbocycles. The lowest BCUT2D eigenvalue weighted by Crippen LogP contribution is -2.38. The highest BCUT2D eigenvalue weighted by molar-refractivity contribution is 7.89. The van der Waals surface area contributed by atoms with Gasteiger partial charge >= 0.3 is 0 Å². The SMILES string of the molecule is CC(C)COc1ccc(S(=O)(=O)NCC(C)(O)c2cc3ccccc3o2)cc1. The number of hydrogen-bond acceptors (Lipinski definition) is 5. The molecule has 0 saturated heterocycles.